The molecule has 86 valence electrons. The monoisotopic (exact) mass is 224 g/mol. The summed E-state index contributed by atoms with van der Waals surface area (Å²) in [6.45, 7) is 1.96. The molecule has 2 rings (SSSR count). The summed E-state index contributed by atoms with van der Waals surface area (Å²) in [5, 5.41) is 8.65. The van der Waals surface area contributed by atoms with E-state index in [1.54, 1.807) is 12.1 Å². The molecule has 1 aromatic rings. The van der Waals surface area contributed by atoms with Crippen LogP contribution < -0.4 is 9.47 Å². The summed E-state index contributed by atoms with van der Waals surface area (Å²) in [5.74, 6) is 0.403. The summed E-state index contributed by atoms with van der Waals surface area (Å²) in [5.41, 5.74) is 0.859. The highest BCUT2D eigenvalue weighted by Gasteiger charge is 2.15. The number of hydrogen-bond acceptors (Lipinski definition) is 4. The number of benzene rings is 1. The third-order valence-corrected chi connectivity index (χ3v) is 2.28. The second-order valence-electron chi connectivity index (χ2n) is 3.48. The van der Waals surface area contributed by atoms with Crippen molar-refractivity contribution < 1.29 is 24.1 Å². The van der Waals surface area contributed by atoms with Gasteiger partial charge >= 0.3 is 5.97 Å². The summed E-state index contributed by atoms with van der Waals surface area (Å²) in [6, 6.07) is 5.39. The van der Waals surface area contributed by atoms with Gasteiger partial charge in [-0.15, -0.1) is 0 Å². The van der Waals surface area contributed by atoms with Crippen LogP contribution in [0.25, 0.3) is 0 Å². The van der Waals surface area contributed by atoms with Crippen LogP contribution in [-0.2, 0) is 16.1 Å². The molecule has 0 bridgehead atoms. The lowest BCUT2D eigenvalue weighted by Gasteiger charge is -2.08. The van der Waals surface area contributed by atoms with Crippen molar-refractivity contribution >= 4 is 5.97 Å². The number of carboxylic acid groups (broad SMARTS) is 1. The van der Waals surface area contributed by atoms with Crippen LogP contribution in [0.2, 0.25) is 0 Å². The molecular weight excluding hydrogens is 212 g/mol. The van der Waals surface area contributed by atoms with E-state index in [1.165, 1.54) is 6.92 Å². The van der Waals surface area contributed by atoms with Gasteiger partial charge in [0.2, 0.25) is 6.79 Å². The Labute approximate surface area is 92.5 Å². The van der Waals surface area contributed by atoms with Crippen molar-refractivity contribution in [3.63, 3.8) is 0 Å². The van der Waals surface area contributed by atoms with Crippen LogP contribution >= 0.6 is 0 Å². The van der Waals surface area contributed by atoms with Crippen LogP contribution in [0.5, 0.6) is 11.5 Å². The standard InChI is InChI=1S/C11H12O5/c1-7(11(12)13)14-5-8-2-3-9-10(4-8)16-6-15-9/h2-4,7H,5-6H2,1H3,(H,12,13)/t7-/m1/s1. The topological polar surface area (TPSA) is 65.0 Å². The molecule has 0 unspecified atom stereocenters. The van der Waals surface area contributed by atoms with Gasteiger partial charge in [0.25, 0.3) is 0 Å². The van der Waals surface area contributed by atoms with Gasteiger partial charge in [0.05, 0.1) is 6.61 Å². The van der Waals surface area contributed by atoms with Crippen molar-refractivity contribution in [2.45, 2.75) is 19.6 Å². The summed E-state index contributed by atoms with van der Waals surface area (Å²) < 4.78 is 15.5. The highest BCUT2D eigenvalue weighted by Crippen LogP contribution is 2.32. The summed E-state index contributed by atoms with van der Waals surface area (Å²) in [7, 11) is 0. The van der Waals surface area contributed by atoms with Gasteiger partial charge in [-0.05, 0) is 24.6 Å². The smallest absolute Gasteiger partial charge is 0.332 e. The van der Waals surface area contributed by atoms with E-state index in [2.05, 4.69) is 0 Å². The fraction of sp³-hybridized carbons (Fsp3) is 0.364. The number of ether oxygens (including phenoxy) is 3. The van der Waals surface area contributed by atoms with E-state index in [0.717, 1.165) is 5.56 Å². The van der Waals surface area contributed by atoms with E-state index >= 15 is 0 Å². The second-order valence-corrected chi connectivity index (χ2v) is 3.48. The molecule has 0 fully saturated rings. The minimum atomic E-state index is -0.972. The van der Waals surface area contributed by atoms with E-state index in [4.69, 9.17) is 19.3 Å². The van der Waals surface area contributed by atoms with Crippen LogP contribution in [0.4, 0.5) is 0 Å². The lowest BCUT2D eigenvalue weighted by molar-refractivity contribution is -0.149. The molecule has 0 aliphatic carbocycles. The Kier molecular flexibility index (Phi) is 2.96. The van der Waals surface area contributed by atoms with Crippen LogP contribution in [0.3, 0.4) is 0 Å². The van der Waals surface area contributed by atoms with Crippen LogP contribution in [0.1, 0.15) is 12.5 Å². The molecular formula is C11H12O5. The van der Waals surface area contributed by atoms with E-state index in [0.29, 0.717) is 11.5 Å². The van der Waals surface area contributed by atoms with Crippen LogP contribution in [0.15, 0.2) is 18.2 Å². The number of carboxylic acids is 1. The quantitative estimate of drug-likeness (QED) is 0.837. The summed E-state index contributed by atoms with van der Waals surface area (Å²) >= 11 is 0. The largest absolute Gasteiger partial charge is 0.479 e. The third-order valence-electron chi connectivity index (χ3n) is 2.28. The molecule has 0 radical (unpaired) electrons. The number of fused-ring (bicyclic) bond motifs is 1. The third kappa shape index (κ3) is 2.25. The van der Waals surface area contributed by atoms with Crippen LogP contribution in [-0.4, -0.2) is 24.0 Å². The minimum Gasteiger partial charge on any atom is -0.479 e. The Balaban J connectivity index is 1.98. The fourth-order valence-corrected chi connectivity index (χ4v) is 1.32. The van der Waals surface area contributed by atoms with E-state index in [-0.39, 0.29) is 13.4 Å². The normalized spacial score (nSPS) is 14.8. The number of hydrogen-bond donors (Lipinski definition) is 1. The second kappa shape index (κ2) is 4.40. The van der Waals surface area contributed by atoms with Crippen molar-refractivity contribution in [3.8, 4) is 11.5 Å². The van der Waals surface area contributed by atoms with Gasteiger partial charge in [0.15, 0.2) is 17.6 Å². The first-order valence-electron chi connectivity index (χ1n) is 4.90. The fourth-order valence-electron chi connectivity index (χ4n) is 1.32. The number of aliphatic carboxylic acids is 1. The van der Waals surface area contributed by atoms with E-state index in [9.17, 15) is 4.79 Å². The maximum absolute atomic E-state index is 10.5. The first-order valence-corrected chi connectivity index (χ1v) is 4.90. The van der Waals surface area contributed by atoms with Crippen molar-refractivity contribution in [1.82, 2.24) is 0 Å². The highest BCUT2D eigenvalue weighted by molar-refractivity contribution is 5.71. The van der Waals surface area contributed by atoms with Crippen molar-refractivity contribution in [2.24, 2.45) is 0 Å². The van der Waals surface area contributed by atoms with Crippen LogP contribution in [0, 0.1) is 0 Å². The average Bonchev–Trinajstić information content (AvgIpc) is 2.72. The van der Waals surface area contributed by atoms with Gasteiger partial charge in [-0.2, -0.15) is 0 Å². The van der Waals surface area contributed by atoms with Gasteiger partial charge in [0.1, 0.15) is 0 Å². The Morgan fingerprint density at radius 1 is 1.50 bits per heavy atom. The zero-order chi connectivity index (χ0) is 11.5. The Morgan fingerprint density at radius 3 is 3.00 bits per heavy atom. The van der Waals surface area contributed by atoms with Gasteiger partial charge in [-0.1, -0.05) is 6.07 Å². The molecule has 1 N–H and O–H groups in total. The minimum absolute atomic E-state index is 0.227. The zero-order valence-electron chi connectivity index (χ0n) is 8.80. The maximum Gasteiger partial charge on any atom is 0.332 e. The predicted octanol–water partition coefficient (Wildman–Crippen LogP) is 1.41. The average molecular weight is 224 g/mol. The molecule has 0 saturated heterocycles. The molecule has 1 aliphatic rings. The Bertz CT molecular complexity index is 401. The Hall–Kier alpha value is -1.75. The SMILES string of the molecule is C[C@@H](OCc1ccc2c(c1)OCO2)C(=O)O. The molecule has 1 heterocycles. The van der Waals surface area contributed by atoms with Gasteiger partial charge in [-0.3, -0.25) is 0 Å². The lowest BCUT2D eigenvalue weighted by Crippen LogP contribution is -2.19. The molecule has 0 amide bonds. The van der Waals surface area contributed by atoms with Gasteiger partial charge in [-0.25, -0.2) is 4.79 Å². The maximum atomic E-state index is 10.5. The molecule has 0 saturated carbocycles. The molecule has 0 spiro atoms. The summed E-state index contributed by atoms with van der Waals surface area (Å²) in [6.07, 6.45) is -0.814. The Morgan fingerprint density at radius 2 is 2.25 bits per heavy atom. The summed E-state index contributed by atoms with van der Waals surface area (Å²) in [4.78, 5) is 10.5. The first kappa shape index (κ1) is 10.8. The molecule has 1 aromatic carbocycles. The molecule has 16 heavy (non-hydrogen) atoms. The van der Waals surface area contributed by atoms with E-state index in [1.807, 2.05) is 6.07 Å². The number of rotatable bonds is 4. The molecule has 0 aromatic heterocycles. The lowest BCUT2D eigenvalue weighted by atomic mass is 10.2. The van der Waals surface area contributed by atoms with E-state index < -0.39 is 12.1 Å². The van der Waals surface area contributed by atoms with Gasteiger partial charge < -0.3 is 19.3 Å². The van der Waals surface area contributed by atoms with Crippen molar-refractivity contribution in [3.05, 3.63) is 23.8 Å². The van der Waals surface area contributed by atoms with Crippen molar-refractivity contribution in [2.75, 3.05) is 6.79 Å². The molecule has 1 atom stereocenters. The highest BCUT2D eigenvalue weighted by atomic mass is 16.7. The van der Waals surface area contributed by atoms with Crippen molar-refractivity contribution in [1.29, 1.82) is 0 Å². The first-order chi connectivity index (χ1) is 7.66. The number of carbonyl (C=O) groups is 1. The molecule has 1 aliphatic heterocycles. The predicted molar refractivity (Wildman–Crippen MR) is 54.5 cm³/mol. The molecule has 5 nitrogen and oxygen atoms in total. The van der Waals surface area contributed by atoms with Gasteiger partial charge in [0, 0.05) is 0 Å². The zero-order valence-corrected chi connectivity index (χ0v) is 8.80. The molecule has 5 heteroatoms.